The lowest BCUT2D eigenvalue weighted by Crippen LogP contribution is -2.38. The molecule has 6 heteroatoms. The standard InChI is InChI=1S/C20H30BrN3O2/c1-2-22-19(23-11-5-12-26-16-8-13-25-14-16)24-15-20(9-10-20)17-6-3-4-7-18(17)21/h3-4,6-7,16H,2,5,8-15H2,1H3,(H2,22,23,24). The average Bonchev–Trinajstić information content (AvgIpc) is 3.25. The molecular weight excluding hydrogens is 394 g/mol. The smallest absolute Gasteiger partial charge is 0.191 e. The average molecular weight is 424 g/mol. The van der Waals surface area contributed by atoms with Crippen molar-refractivity contribution < 1.29 is 9.47 Å². The van der Waals surface area contributed by atoms with E-state index in [1.165, 1.54) is 22.9 Å². The monoisotopic (exact) mass is 423 g/mol. The Bertz CT molecular complexity index is 598. The Morgan fingerprint density at radius 1 is 1.35 bits per heavy atom. The molecule has 1 atom stereocenters. The Labute approximate surface area is 165 Å². The topological polar surface area (TPSA) is 54.9 Å². The van der Waals surface area contributed by atoms with Crippen molar-refractivity contribution in [2.45, 2.75) is 44.1 Å². The van der Waals surface area contributed by atoms with Crippen molar-refractivity contribution in [1.29, 1.82) is 0 Å². The summed E-state index contributed by atoms with van der Waals surface area (Å²) in [7, 11) is 0. The minimum absolute atomic E-state index is 0.202. The van der Waals surface area contributed by atoms with E-state index in [0.717, 1.165) is 58.3 Å². The van der Waals surface area contributed by atoms with E-state index >= 15 is 0 Å². The number of benzene rings is 1. The molecule has 0 radical (unpaired) electrons. The van der Waals surface area contributed by atoms with Crippen LogP contribution in [0.2, 0.25) is 0 Å². The summed E-state index contributed by atoms with van der Waals surface area (Å²) in [4.78, 5) is 4.85. The van der Waals surface area contributed by atoms with Gasteiger partial charge in [-0.1, -0.05) is 34.1 Å². The molecule has 26 heavy (non-hydrogen) atoms. The van der Waals surface area contributed by atoms with E-state index in [9.17, 15) is 0 Å². The Morgan fingerprint density at radius 3 is 2.88 bits per heavy atom. The van der Waals surface area contributed by atoms with Crippen LogP contribution in [0.15, 0.2) is 33.7 Å². The third-order valence-corrected chi connectivity index (χ3v) is 5.73. The summed E-state index contributed by atoms with van der Waals surface area (Å²) >= 11 is 3.69. The number of nitrogens with one attached hydrogen (secondary N) is 2. The normalized spacial score (nSPS) is 21.6. The molecule has 1 aromatic rings. The Balaban J connectivity index is 1.45. The first-order valence-electron chi connectivity index (χ1n) is 9.70. The second-order valence-electron chi connectivity index (χ2n) is 7.09. The molecule has 3 rings (SSSR count). The van der Waals surface area contributed by atoms with Gasteiger partial charge in [-0.2, -0.15) is 0 Å². The lowest BCUT2D eigenvalue weighted by Gasteiger charge is -2.17. The van der Waals surface area contributed by atoms with E-state index in [4.69, 9.17) is 14.5 Å². The van der Waals surface area contributed by atoms with Gasteiger partial charge in [0.1, 0.15) is 0 Å². The first-order chi connectivity index (χ1) is 12.7. The predicted molar refractivity (Wildman–Crippen MR) is 109 cm³/mol. The highest BCUT2D eigenvalue weighted by atomic mass is 79.9. The summed E-state index contributed by atoms with van der Waals surface area (Å²) in [5.74, 6) is 0.898. The minimum atomic E-state index is 0.202. The summed E-state index contributed by atoms with van der Waals surface area (Å²) < 4.78 is 12.3. The molecule has 0 spiro atoms. The number of hydrogen-bond acceptors (Lipinski definition) is 3. The molecule has 2 N–H and O–H groups in total. The van der Waals surface area contributed by atoms with Crippen LogP contribution in [0.3, 0.4) is 0 Å². The van der Waals surface area contributed by atoms with Crippen molar-refractivity contribution in [2.75, 3.05) is 39.5 Å². The van der Waals surface area contributed by atoms with Gasteiger partial charge < -0.3 is 20.1 Å². The quantitative estimate of drug-likeness (QED) is 0.363. The fourth-order valence-electron chi connectivity index (χ4n) is 3.30. The Hall–Kier alpha value is -1.11. The number of nitrogens with zero attached hydrogens (tertiary/aromatic N) is 1. The van der Waals surface area contributed by atoms with Crippen LogP contribution in [0.4, 0.5) is 0 Å². The second-order valence-corrected chi connectivity index (χ2v) is 7.95. The van der Waals surface area contributed by atoms with Crippen LogP contribution in [-0.4, -0.2) is 51.5 Å². The van der Waals surface area contributed by atoms with E-state index in [2.05, 4.69) is 57.8 Å². The molecule has 2 aliphatic rings. The molecule has 0 bridgehead atoms. The number of ether oxygens (including phenoxy) is 2. The van der Waals surface area contributed by atoms with Gasteiger partial charge in [-0.25, -0.2) is 0 Å². The van der Waals surface area contributed by atoms with Crippen molar-refractivity contribution in [2.24, 2.45) is 4.99 Å². The maximum absolute atomic E-state index is 5.81. The van der Waals surface area contributed by atoms with Crippen LogP contribution in [-0.2, 0) is 14.9 Å². The Kier molecular flexibility index (Phi) is 7.34. The Morgan fingerprint density at radius 2 is 2.19 bits per heavy atom. The zero-order valence-electron chi connectivity index (χ0n) is 15.6. The molecule has 0 aromatic heterocycles. The largest absolute Gasteiger partial charge is 0.379 e. The fraction of sp³-hybridized carbons (Fsp3) is 0.650. The van der Waals surface area contributed by atoms with Crippen LogP contribution >= 0.6 is 15.9 Å². The van der Waals surface area contributed by atoms with E-state index in [1.54, 1.807) is 0 Å². The lowest BCUT2D eigenvalue weighted by atomic mass is 9.96. The highest BCUT2D eigenvalue weighted by Gasteiger charge is 2.45. The highest BCUT2D eigenvalue weighted by molar-refractivity contribution is 9.10. The lowest BCUT2D eigenvalue weighted by molar-refractivity contribution is 0.0420. The van der Waals surface area contributed by atoms with Crippen molar-refractivity contribution in [3.05, 3.63) is 34.3 Å². The number of aliphatic imine (C=N–C) groups is 1. The van der Waals surface area contributed by atoms with Gasteiger partial charge in [-0.3, -0.25) is 4.99 Å². The summed E-state index contributed by atoms with van der Waals surface area (Å²) in [6.45, 7) is 6.99. The first-order valence-corrected chi connectivity index (χ1v) is 10.5. The van der Waals surface area contributed by atoms with Gasteiger partial charge in [-0.15, -0.1) is 0 Å². The maximum Gasteiger partial charge on any atom is 0.191 e. The van der Waals surface area contributed by atoms with Gasteiger partial charge in [0, 0.05) is 36.2 Å². The van der Waals surface area contributed by atoms with E-state index in [-0.39, 0.29) is 11.5 Å². The molecule has 1 unspecified atom stereocenters. The molecule has 1 saturated heterocycles. The zero-order chi connectivity index (χ0) is 18.2. The van der Waals surface area contributed by atoms with Gasteiger partial charge >= 0.3 is 0 Å². The van der Waals surface area contributed by atoms with Gasteiger partial charge in [0.2, 0.25) is 0 Å². The van der Waals surface area contributed by atoms with Gasteiger partial charge in [-0.05, 0) is 44.2 Å². The summed E-state index contributed by atoms with van der Waals surface area (Å²) in [6.07, 6.45) is 4.69. The van der Waals surface area contributed by atoms with Crippen LogP contribution < -0.4 is 10.6 Å². The number of rotatable bonds is 9. The van der Waals surface area contributed by atoms with E-state index < -0.39 is 0 Å². The fourth-order valence-corrected chi connectivity index (χ4v) is 4.01. The number of guanidine groups is 1. The van der Waals surface area contributed by atoms with Crippen molar-refractivity contribution in [3.8, 4) is 0 Å². The maximum atomic E-state index is 5.81. The molecule has 0 amide bonds. The predicted octanol–water partition coefficient (Wildman–Crippen LogP) is 3.23. The SMILES string of the molecule is CCNC(=NCC1(c2ccccc2Br)CC1)NCCCOC1CCOC1. The number of halogens is 1. The third kappa shape index (κ3) is 5.44. The molecule has 5 nitrogen and oxygen atoms in total. The molecule has 1 saturated carbocycles. The van der Waals surface area contributed by atoms with Crippen molar-refractivity contribution in [1.82, 2.24) is 10.6 Å². The second kappa shape index (κ2) is 9.72. The van der Waals surface area contributed by atoms with Gasteiger partial charge in [0.05, 0.1) is 19.3 Å². The number of hydrogen-bond donors (Lipinski definition) is 2. The molecule has 1 aromatic carbocycles. The van der Waals surface area contributed by atoms with Crippen LogP contribution in [0, 0.1) is 0 Å². The van der Waals surface area contributed by atoms with Crippen molar-refractivity contribution in [3.63, 3.8) is 0 Å². The van der Waals surface area contributed by atoms with E-state index in [0.29, 0.717) is 0 Å². The summed E-state index contributed by atoms with van der Waals surface area (Å²) in [6, 6.07) is 8.52. The minimum Gasteiger partial charge on any atom is -0.379 e. The van der Waals surface area contributed by atoms with Crippen LogP contribution in [0.1, 0.15) is 38.2 Å². The molecule has 144 valence electrons. The van der Waals surface area contributed by atoms with Crippen molar-refractivity contribution >= 4 is 21.9 Å². The van der Waals surface area contributed by atoms with Crippen LogP contribution in [0.25, 0.3) is 0 Å². The summed E-state index contributed by atoms with van der Waals surface area (Å²) in [5, 5.41) is 6.78. The van der Waals surface area contributed by atoms with Gasteiger partial charge in [0.15, 0.2) is 5.96 Å². The molecular formula is C20H30BrN3O2. The first kappa shape index (κ1) is 19.6. The van der Waals surface area contributed by atoms with Gasteiger partial charge in [0.25, 0.3) is 0 Å². The highest BCUT2D eigenvalue weighted by Crippen LogP contribution is 2.50. The van der Waals surface area contributed by atoms with Crippen LogP contribution in [0.5, 0.6) is 0 Å². The summed E-state index contributed by atoms with van der Waals surface area (Å²) in [5.41, 5.74) is 1.58. The third-order valence-electron chi connectivity index (χ3n) is 5.04. The van der Waals surface area contributed by atoms with E-state index in [1.807, 2.05) is 0 Å². The zero-order valence-corrected chi connectivity index (χ0v) is 17.2. The molecule has 1 heterocycles. The molecule has 2 fully saturated rings. The molecule has 1 aliphatic carbocycles. The molecule has 1 aliphatic heterocycles.